The van der Waals surface area contributed by atoms with Crippen molar-refractivity contribution in [3.05, 3.63) is 23.9 Å². The van der Waals surface area contributed by atoms with Crippen molar-refractivity contribution in [1.82, 2.24) is 15.2 Å². The SMILES string of the molecule is CNCC1CCN(C(=O)c2cccnc2SC(F)(F)F)C1. The Kier molecular flexibility index (Phi) is 5.10. The van der Waals surface area contributed by atoms with E-state index in [1.807, 2.05) is 7.05 Å². The molecule has 21 heavy (non-hydrogen) atoms. The molecule has 0 bridgehead atoms. The standard InChI is InChI=1S/C13H16F3N3OS/c1-17-7-9-4-6-19(8-9)12(20)10-3-2-5-18-11(10)21-13(14,15)16/h2-3,5,9,17H,4,6-8H2,1H3. The number of nitrogens with one attached hydrogen (secondary N) is 1. The van der Waals surface area contributed by atoms with Gasteiger partial charge in [0.15, 0.2) is 0 Å². The summed E-state index contributed by atoms with van der Waals surface area (Å²) in [4.78, 5) is 17.7. The van der Waals surface area contributed by atoms with Gasteiger partial charge in [0.25, 0.3) is 5.91 Å². The predicted molar refractivity (Wildman–Crippen MR) is 74.1 cm³/mol. The molecule has 1 unspecified atom stereocenters. The van der Waals surface area contributed by atoms with E-state index in [1.54, 1.807) is 4.90 Å². The second-order valence-electron chi connectivity index (χ2n) is 4.87. The molecule has 1 atom stereocenters. The quantitative estimate of drug-likeness (QED) is 0.866. The van der Waals surface area contributed by atoms with Crippen molar-refractivity contribution in [2.45, 2.75) is 17.0 Å². The summed E-state index contributed by atoms with van der Waals surface area (Å²) < 4.78 is 37.5. The molecular formula is C13H16F3N3OS. The maximum Gasteiger partial charge on any atom is 0.447 e. The third-order valence-electron chi connectivity index (χ3n) is 3.28. The van der Waals surface area contributed by atoms with Gasteiger partial charge in [-0.15, -0.1) is 0 Å². The number of nitrogens with zero attached hydrogens (tertiary/aromatic N) is 2. The molecule has 2 rings (SSSR count). The van der Waals surface area contributed by atoms with Crippen molar-refractivity contribution >= 4 is 17.7 Å². The number of aromatic nitrogens is 1. The van der Waals surface area contributed by atoms with E-state index in [1.165, 1.54) is 18.3 Å². The number of hydrogen-bond acceptors (Lipinski definition) is 4. The summed E-state index contributed by atoms with van der Waals surface area (Å²) in [6.07, 6.45) is 2.12. The topological polar surface area (TPSA) is 45.2 Å². The Morgan fingerprint density at radius 2 is 2.33 bits per heavy atom. The number of hydrogen-bond donors (Lipinski definition) is 1. The van der Waals surface area contributed by atoms with E-state index in [-0.39, 0.29) is 28.3 Å². The van der Waals surface area contributed by atoms with Crippen LogP contribution < -0.4 is 5.32 Å². The zero-order valence-corrected chi connectivity index (χ0v) is 12.3. The highest BCUT2D eigenvalue weighted by atomic mass is 32.2. The van der Waals surface area contributed by atoms with E-state index in [9.17, 15) is 18.0 Å². The largest absolute Gasteiger partial charge is 0.447 e. The van der Waals surface area contributed by atoms with Crippen LogP contribution in [0.3, 0.4) is 0 Å². The van der Waals surface area contributed by atoms with E-state index in [4.69, 9.17) is 0 Å². The zero-order valence-electron chi connectivity index (χ0n) is 11.5. The maximum atomic E-state index is 12.5. The molecule has 1 aliphatic rings. The highest BCUT2D eigenvalue weighted by molar-refractivity contribution is 8.00. The molecule has 0 aromatic carbocycles. The van der Waals surface area contributed by atoms with Crippen LogP contribution in [0.2, 0.25) is 0 Å². The highest BCUT2D eigenvalue weighted by Crippen LogP contribution is 2.37. The Labute approximate surface area is 125 Å². The first-order chi connectivity index (χ1) is 9.90. The normalized spacial score (nSPS) is 19.0. The van der Waals surface area contributed by atoms with Crippen LogP contribution in [-0.2, 0) is 0 Å². The molecule has 0 radical (unpaired) electrons. The van der Waals surface area contributed by atoms with Crippen LogP contribution in [-0.4, -0.2) is 48.0 Å². The van der Waals surface area contributed by atoms with Gasteiger partial charge in [0.05, 0.1) is 5.56 Å². The van der Waals surface area contributed by atoms with Crippen LogP contribution in [0.15, 0.2) is 23.4 Å². The first-order valence-corrected chi connectivity index (χ1v) is 7.37. The van der Waals surface area contributed by atoms with Crippen LogP contribution >= 0.6 is 11.8 Å². The summed E-state index contributed by atoms with van der Waals surface area (Å²) in [6, 6.07) is 2.88. The number of pyridine rings is 1. The number of thioether (sulfide) groups is 1. The molecule has 1 N–H and O–H groups in total. The average molecular weight is 319 g/mol. The minimum atomic E-state index is -4.46. The van der Waals surface area contributed by atoms with Crippen molar-refractivity contribution in [3.8, 4) is 0 Å². The van der Waals surface area contributed by atoms with E-state index in [0.29, 0.717) is 19.0 Å². The second kappa shape index (κ2) is 6.65. The lowest BCUT2D eigenvalue weighted by atomic mass is 10.1. The first kappa shape index (κ1) is 16.1. The van der Waals surface area contributed by atoms with E-state index < -0.39 is 5.51 Å². The number of alkyl halides is 3. The number of halogens is 3. The van der Waals surface area contributed by atoms with Gasteiger partial charge in [-0.2, -0.15) is 13.2 Å². The fraction of sp³-hybridized carbons (Fsp3) is 0.538. The molecule has 2 heterocycles. The number of amides is 1. The van der Waals surface area contributed by atoms with Gasteiger partial charge >= 0.3 is 5.51 Å². The summed E-state index contributed by atoms with van der Waals surface area (Å²) in [5.74, 6) is -0.0391. The fourth-order valence-corrected chi connectivity index (χ4v) is 2.99. The van der Waals surface area contributed by atoms with Crippen LogP contribution in [0.1, 0.15) is 16.8 Å². The molecule has 1 amide bonds. The molecular weight excluding hydrogens is 303 g/mol. The van der Waals surface area contributed by atoms with Gasteiger partial charge in [0.1, 0.15) is 5.03 Å². The third kappa shape index (κ3) is 4.34. The van der Waals surface area contributed by atoms with Crippen LogP contribution in [0.25, 0.3) is 0 Å². The summed E-state index contributed by atoms with van der Waals surface area (Å²) in [5, 5.41) is 2.76. The van der Waals surface area contributed by atoms with E-state index >= 15 is 0 Å². The van der Waals surface area contributed by atoms with Gasteiger partial charge in [0.2, 0.25) is 0 Å². The second-order valence-corrected chi connectivity index (χ2v) is 5.92. The van der Waals surface area contributed by atoms with Gasteiger partial charge in [-0.05, 0) is 38.1 Å². The van der Waals surface area contributed by atoms with Crippen LogP contribution in [0.4, 0.5) is 13.2 Å². The van der Waals surface area contributed by atoms with Crippen molar-refractivity contribution in [1.29, 1.82) is 0 Å². The van der Waals surface area contributed by atoms with Crippen LogP contribution in [0.5, 0.6) is 0 Å². The van der Waals surface area contributed by atoms with Crippen molar-refractivity contribution < 1.29 is 18.0 Å². The van der Waals surface area contributed by atoms with Gasteiger partial charge in [0, 0.05) is 31.0 Å². The zero-order chi connectivity index (χ0) is 15.5. The molecule has 1 fully saturated rings. The molecule has 4 nitrogen and oxygen atoms in total. The number of carbonyl (C=O) groups is 1. The molecule has 116 valence electrons. The van der Waals surface area contributed by atoms with E-state index in [2.05, 4.69) is 10.3 Å². The Hall–Kier alpha value is -1.28. The average Bonchev–Trinajstić information content (AvgIpc) is 2.86. The lowest BCUT2D eigenvalue weighted by Crippen LogP contribution is -2.31. The number of rotatable bonds is 4. The van der Waals surface area contributed by atoms with Crippen LogP contribution in [0, 0.1) is 5.92 Å². The molecule has 1 aliphatic heterocycles. The van der Waals surface area contributed by atoms with Crippen molar-refractivity contribution in [2.75, 3.05) is 26.7 Å². The first-order valence-electron chi connectivity index (χ1n) is 6.55. The van der Waals surface area contributed by atoms with Gasteiger partial charge in [-0.3, -0.25) is 4.79 Å². The van der Waals surface area contributed by atoms with Gasteiger partial charge in [-0.1, -0.05) is 0 Å². The lowest BCUT2D eigenvalue weighted by molar-refractivity contribution is -0.0329. The minimum absolute atomic E-state index is 0.0185. The smallest absolute Gasteiger partial charge is 0.338 e. The highest BCUT2D eigenvalue weighted by Gasteiger charge is 2.34. The third-order valence-corrected chi connectivity index (χ3v) is 4.03. The van der Waals surface area contributed by atoms with Crippen molar-refractivity contribution in [3.63, 3.8) is 0 Å². The Morgan fingerprint density at radius 3 is 3.00 bits per heavy atom. The summed E-state index contributed by atoms with van der Waals surface area (Å²) in [7, 11) is 1.84. The Balaban J connectivity index is 2.13. The summed E-state index contributed by atoms with van der Waals surface area (Å²) in [6.45, 7) is 1.92. The minimum Gasteiger partial charge on any atom is -0.338 e. The molecule has 1 aromatic rings. The van der Waals surface area contributed by atoms with E-state index in [0.717, 1.165) is 13.0 Å². The predicted octanol–water partition coefficient (Wildman–Crippen LogP) is 2.38. The molecule has 0 aliphatic carbocycles. The Bertz CT molecular complexity index is 510. The molecule has 8 heteroatoms. The van der Waals surface area contributed by atoms with Gasteiger partial charge in [-0.25, -0.2) is 4.98 Å². The lowest BCUT2D eigenvalue weighted by Gasteiger charge is -2.18. The Morgan fingerprint density at radius 1 is 1.57 bits per heavy atom. The maximum absolute atomic E-state index is 12.5. The molecule has 1 aromatic heterocycles. The fourth-order valence-electron chi connectivity index (χ4n) is 2.39. The van der Waals surface area contributed by atoms with Crippen molar-refractivity contribution in [2.24, 2.45) is 5.92 Å². The summed E-state index contributed by atoms with van der Waals surface area (Å²) in [5.41, 5.74) is -4.44. The summed E-state index contributed by atoms with van der Waals surface area (Å²) >= 11 is -0.345. The molecule has 0 saturated carbocycles. The number of carbonyl (C=O) groups excluding carboxylic acids is 1. The monoisotopic (exact) mass is 319 g/mol. The van der Waals surface area contributed by atoms with Gasteiger partial charge < -0.3 is 10.2 Å². The molecule has 1 saturated heterocycles. The number of likely N-dealkylation sites (tertiary alicyclic amines) is 1. The molecule has 0 spiro atoms.